The van der Waals surface area contributed by atoms with E-state index in [1.165, 1.54) is 0 Å². The van der Waals surface area contributed by atoms with Crippen LogP contribution in [0.1, 0.15) is 13.8 Å². The topological polar surface area (TPSA) is 76.8 Å². The Bertz CT molecular complexity index is 276. The number of hydrogen-bond donors (Lipinski definition) is 2. The summed E-state index contributed by atoms with van der Waals surface area (Å²) in [6.07, 6.45) is 0.0995. The van der Waals surface area contributed by atoms with Crippen molar-refractivity contribution in [2.45, 2.75) is 31.6 Å². The van der Waals surface area contributed by atoms with Crippen LogP contribution in [0.5, 0.6) is 0 Å². The summed E-state index contributed by atoms with van der Waals surface area (Å²) >= 11 is 0. The highest BCUT2D eigenvalue weighted by Crippen LogP contribution is 2.18. The largest absolute Gasteiger partial charge is 0.377 e. The summed E-state index contributed by atoms with van der Waals surface area (Å²) in [7, 11) is 3.36. The third-order valence-corrected chi connectivity index (χ3v) is 3.55. The van der Waals surface area contributed by atoms with E-state index < -0.39 is 5.54 Å². The maximum absolute atomic E-state index is 11.6. The Labute approximate surface area is 109 Å². The fourth-order valence-corrected chi connectivity index (χ4v) is 2.46. The van der Waals surface area contributed by atoms with E-state index >= 15 is 0 Å². The molecule has 1 saturated heterocycles. The van der Waals surface area contributed by atoms with Crippen molar-refractivity contribution in [1.29, 1.82) is 0 Å². The molecule has 18 heavy (non-hydrogen) atoms. The Morgan fingerprint density at radius 1 is 1.39 bits per heavy atom. The number of likely N-dealkylation sites (tertiary alicyclic amines) is 1. The molecule has 106 valence electrons. The number of ether oxygens (including phenoxy) is 2. The number of carbonyl (C=O) groups excluding carboxylic acids is 1. The van der Waals surface area contributed by atoms with Crippen molar-refractivity contribution in [2.75, 3.05) is 40.4 Å². The Kier molecular flexibility index (Phi) is 5.52. The lowest BCUT2D eigenvalue weighted by Gasteiger charge is -2.31. The Balaban J connectivity index is 2.64. The summed E-state index contributed by atoms with van der Waals surface area (Å²) < 4.78 is 10.8. The molecule has 0 aromatic heterocycles. The second-order valence-corrected chi connectivity index (χ2v) is 4.97. The van der Waals surface area contributed by atoms with Crippen LogP contribution in [0.25, 0.3) is 0 Å². The van der Waals surface area contributed by atoms with Gasteiger partial charge in [0.15, 0.2) is 0 Å². The van der Waals surface area contributed by atoms with Crippen molar-refractivity contribution in [1.82, 2.24) is 10.2 Å². The number of nitrogens with one attached hydrogen (secondary N) is 1. The summed E-state index contributed by atoms with van der Waals surface area (Å²) in [6.45, 7) is 6.57. The van der Waals surface area contributed by atoms with Crippen LogP contribution in [0.3, 0.4) is 0 Å². The first-order valence-corrected chi connectivity index (χ1v) is 6.29. The summed E-state index contributed by atoms with van der Waals surface area (Å²) in [6, 6.07) is 0. The zero-order chi connectivity index (χ0) is 13.8. The van der Waals surface area contributed by atoms with Gasteiger partial charge in [-0.15, -0.1) is 0 Å². The number of likely N-dealkylation sites (N-methyl/N-ethyl adjacent to an activating group) is 1. The van der Waals surface area contributed by atoms with Gasteiger partial charge in [-0.25, -0.2) is 0 Å². The maximum Gasteiger partial charge on any atom is 0.238 e. The molecule has 1 rings (SSSR count). The second kappa shape index (κ2) is 6.47. The SMILES string of the molecule is CCNC(C)(CN1CC(OC)C(OC)C1)C(N)=O. The fourth-order valence-electron chi connectivity index (χ4n) is 2.46. The summed E-state index contributed by atoms with van der Waals surface area (Å²) in [5.41, 5.74) is 4.77. The van der Waals surface area contributed by atoms with Crippen molar-refractivity contribution >= 4 is 5.91 Å². The average molecular weight is 259 g/mol. The van der Waals surface area contributed by atoms with Gasteiger partial charge < -0.3 is 20.5 Å². The molecule has 1 fully saturated rings. The van der Waals surface area contributed by atoms with Gasteiger partial charge in [0.2, 0.25) is 5.91 Å². The van der Waals surface area contributed by atoms with Gasteiger partial charge >= 0.3 is 0 Å². The van der Waals surface area contributed by atoms with Gasteiger partial charge in [-0.1, -0.05) is 6.92 Å². The molecule has 0 spiro atoms. The van der Waals surface area contributed by atoms with Crippen molar-refractivity contribution in [3.63, 3.8) is 0 Å². The highest BCUT2D eigenvalue weighted by Gasteiger charge is 2.39. The van der Waals surface area contributed by atoms with Crippen molar-refractivity contribution in [3.8, 4) is 0 Å². The van der Waals surface area contributed by atoms with E-state index in [4.69, 9.17) is 15.2 Å². The van der Waals surface area contributed by atoms with Crippen LogP contribution in [-0.4, -0.2) is 69.0 Å². The van der Waals surface area contributed by atoms with E-state index in [0.717, 1.165) is 13.1 Å². The van der Waals surface area contributed by atoms with Gasteiger partial charge in [0.25, 0.3) is 0 Å². The van der Waals surface area contributed by atoms with Crippen LogP contribution in [0.2, 0.25) is 0 Å². The number of nitrogens with two attached hydrogens (primary N) is 1. The quantitative estimate of drug-likeness (QED) is 0.625. The molecule has 3 unspecified atom stereocenters. The van der Waals surface area contributed by atoms with E-state index in [2.05, 4.69) is 10.2 Å². The van der Waals surface area contributed by atoms with Gasteiger partial charge in [0.1, 0.15) is 5.54 Å². The number of amides is 1. The van der Waals surface area contributed by atoms with E-state index in [1.807, 2.05) is 13.8 Å². The molecule has 0 aliphatic carbocycles. The molecule has 0 aromatic rings. The van der Waals surface area contributed by atoms with Crippen LogP contribution in [0.15, 0.2) is 0 Å². The standard InChI is InChI=1S/C12H25N3O3/c1-5-14-12(2,11(13)16)8-15-6-9(17-3)10(7-15)18-4/h9-10,14H,5-8H2,1-4H3,(H2,13,16). The zero-order valence-corrected chi connectivity index (χ0v) is 11.7. The predicted octanol–water partition coefficient (Wildman–Crippen LogP) is -0.814. The number of hydrogen-bond acceptors (Lipinski definition) is 5. The van der Waals surface area contributed by atoms with Crippen LogP contribution < -0.4 is 11.1 Å². The number of rotatable bonds is 7. The van der Waals surface area contributed by atoms with Crippen LogP contribution in [0.4, 0.5) is 0 Å². The van der Waals surface area contributed by atoms with E-state index in [-0.39, 0.29) is 18.1 Å². The predicted molar refractivity (Wildman–Crippen MR) is 69.3 cm³/mol. The number of primary amides is 1. The van der Waals surface area contributed by atoms with Crippen molar-refractivity contribution < 1.29 is 14.3 Å². The minimum absolute atomic E-state index is 0.0498. The van der Waals surface area contributed by atoms with Gasteiger partial charge in [-0.3, -0.25) is 9.69 Å². The molecule has 6 nitrogen and oxygen atoms in total. The molecule has 1 amide bonds. The highest BCUT2D eigenvalue weighted by molar-refractivity contribution is 5.84. The summed E-state index contributed by atoms with van der Waals surface area (Å²) in [5, 5.41) is 3.15. The molecule has 0 saturated carbocycles. The first kappa shape index (κ1) is 15.4. The molecule has 1 aliphatic rings. The molecule has 0 bridgehead atoms. The Morgan fingerprint density at radius 3 is 2.22 bits per heavy atom. The number of methoxy groups -OCH3 is 2. The van der Waals surface area contributed by atoms with E-state index in [1.54, 1.807) is 14.2 Å². The van der Waals surface area contributed by atoms with Gasteiger partial charge in [-0.2, -0.15) is 0 Å². The Morgan fingerprint density at radius 2 is 1.89 bits per heavy atom. The van der Waals surface area contributed by atoms with Gasteiger partial charge in [0, 0.05) is 33.9 Å². The van der Waals surface area contributed by atoms with Crippen LogP contribution in [0, 0.1) is 0 Å². The molecule has 1 heterocycles. The lowest BCUT2D eigenvalue weighted by Crippen LogP contribution is -2.59. The fraction of sp³-hybridized carbons (Fsp3) is 0.917. The molecule has 3 atom stereocenters. The first-order chi connectivity index (χ1) is 8.46. The first-order valence-electron chi connectivity index (χ1n) is 6.29. The van der Waals surface area contributed by atoms with Crippen LogP contribution >= 0.6 is 0 Å². The normalized spacial score (nSPS) is 28.2. The minimum atomic E-state index is -0.713. The lowest BCUT2D eigenvalue weighted by atomic mass is 10.0. The third kappa shape index (κ3) is 3.41. The van der Waals surface area contributed by atoms with Crippen LogP contribution in [-0.2, 0) is 14.3 Å². The summed E-state index contributed by atoms with van der Waals surface area (Å²) in [5.74, 6) is -0.334. The number of nitrogens with zero attached hydrogens (tertiary/aromatic N) is 1. The van der Waals surface area contributed by atoms with Gasteiger partial charge in [-0.05, 0) is 13.5 Å². The molecule has 0 radical (unpaired) electrons. The molecule has 0 aromatic carbocycles. The minimum Gasteiger partial charge on any atom is -0.377 e. The second-order valence-electron chi connectivity index (χ2n) is 4.97. The smallest absolute Gasteiger partial charge is 0.238 e. The van der Waals surface area contributed by atoms with E-state index in [0.29, 0.717) is 13.1 Å². The summed E-state index contributed by atoms with van der Waals surface area (Å²) in [4.78, 5) is 13.7. The van der Waals surface area contributed by atoms with Gasteiger partial charge in [0.05, 0.1) is 12.2 Å². The highest BCUT2D eigenvalue weighted by atomic mass is 16.5. The molecule has 6 heteroatoms. The lowest BCUT2D eigenvalue weighted by molar-refractivity contribution is -0.124. The zero-order valence-electron chi connectivity index (χ0n) is 11.7. The Hall–Kier alpha value is -0.690. The maximum atomic E-state index is 11.6. The van der Waals surface area contributed by atoms with Crippen molar-refractivity contribution in [3.05, 3.63) is 0 Å². The average Bonchev–Trinajstić information content (AvgIpc) is 2.71. The molecular weight excluding hydrogens is 234 g/mol. The third-order valence-electron chi connectivity index (χ3n) is 3.55. The monoisotopic (exact) mass is 259 g/mol. The molecular formula is C12H25N3O3. The molecule has 3 N–H and O–H groups in total. The van der Waals surface area contributed by atoms with Crippen molar-refractivity contribution in [2.24, 2.45) is 5.73 Å². The number of carbonyl (C=O) groups is 1. The van der Waals surface area contributed by atoms with E-state index in [9.17, 15) is 4.79 Å². The molecule has 1 aliphatic heterocycles.